The Morgan fingerprint density at radius 2 is 1.80 bits per heavy atom. The molecule has 0 radical (unpaired) electrons. The molecule has 3 atom stereocenters. The summed E-state index contributed by atoms with van der Waals surface area (Å²) >= 11 is 0. The normalized spacial score (nSPS) is 27.4. The number of hydrogen-bond acceptors (Lipinski definition) is 8. The number of nitrogens with two attached hydrogens (primary N) is 1. The summed E-state index contributed by atoms with van der Waals surface area (Å²) in [5.74, 6) is -7.25. The lowest BCUT2D eigenvalue weighted by Crippen LogP contribution is -2.57. The van der Waals surface area contributed by atoms with Crippen molar-refractivity contribution in [2.24, 2.45) is 23.5 Å². The van der Waals surface area contributed by atoms with E-state index in [-0.39, 0.29) is 48.1 Å². The summed E-state index contributed by atoms with van der Waals surface area (Å²) in [6.45, 7) is 3.82. The molecule has 5 rings (SSSR count). The number of ketones is 2. The van der Waals surface area contributed by atoms with Crippen LogP contribution in [0.2, 0.25) is 0 Å². The lowest BCUT2D eigenvalue weighted by atomic mass is 9.60. The first kappa shape index (κ1) is 28.3. The minimum atomic E-state index is -2.64. The van der Waals surface area contributed by atoms with Crippen LogP contribution in [0, 0.1) is 23.6 Å². The fourth-order valence-corrected chi connectivity index (χ4v) is 7.30. The molecule has 0 bridgehead atoms. The number of allylic oxidation sites excluding steroid dienone is 2. The summed E-state index contributed by atoms with van der Waals surface area (Å²) in [7, 11) is 0. The van der Waals surface area contributed by atoms with Crippen molar-refractivity contribution in [3.05, 3.63) is 51.2 Å². The van der Waals surface area contributed by atoms with E-state index < -0.39 is 63.6 Å². The number of aromatic hydroxyl groups is 1. The number of hydrogen-bond donors (Lipinski definition) is 5. The third kappa shape index (κ3) is 4.51. The van der Waals surface area contributed by atoms with Gasteiger partial charge in [0.05, 0.1) is 5.56 Å². The Balaban J connectivity index is 1.48. The average Bonchev–Trinajstić information content (AvgIpc) is 3.17. The van der Waals surface area contributed by atoms with Gasteiger partial charge in [0.1, 0.15) is 28.7 Å². The molecular weight excluding hydrogens is 519 g/mol. The minimum Gasteiger partial charge on any atom is -0.511 e. The number of carbonyl (C=O) groups excluding carboxylic acids is 3. The maximum Gasteiger partial charge on any atom is 0.255 e. The maximum atomic E-state index is 16.0. The predicted octanol–water partition coefficient (Wildman–Crippen LogP) is 3.51. The Morgan fingerprint density at radius 1 is 1.12 bits per heavy atom. The fourth-order valence-electron chi connectivity index (χ4n) is 7.30. The molecule has 10 heteroatoms. The summed E-state index contributed by atoms with van der Waals surface area (Å²) in [5.41, 5.74) is 1.48. The van der Waals surface area contributed by atoms with Gasteiger partial charge < -0.3 is 26.2 Å². The highest BCUT2D eigenvalue weighted by Crippen LogP contribution is 2.51. The Kier molecular flexibility index (Phi) is 7.52. The zero-order valence-corrected chi connectivity index (χ0v) is 22.7. The van der Waals surface area contributed by atoms with Crippen LogP contribution >= 0.6 is 0 Å². The molecule has 0 heterocycles. The van der Waals surface area contributed by atoms with Crippen LogP contribution in [-0.2, 0) is 22.6 Å². The summed E-state index contributed by atoms with van der Waals surface area (Å²) in [5, 5.41) is 43.6. The number of fused-ring (bicyclic) bond motifs is 3. The van der Waals surface area contributed by atoms with Crippen molar-refractivity contribution < 1.29 is 39.2 Å². The number of phenolic OH excluding ortho intramolecular Hbond substituents is 1. The van der Waals surface area contributed by atoms with Gasteiger partial charge >= 0.3 is 0 Å². The second kappa shape index (κ2) is 10.6. The maximum absolute atomic E-state index is 16.0. The Hall–Kier alpha value is -3.24. The van der Waals surface area contributed by atoms with Crippen LogP contribution in [0.3, 0.4) is 0 Å². The molecule has 4 aliphatic rings. The van der Waals surface area contributed by atoms with Crippen molar-refractivity contribution in [3.63, 3.8) is 0 Å². The van der Waals surface area contributed by atoms with E-state index >= 15 is 4.39 Å². The van der Waals surface area contributed by atoms with Gasteiger partial charge in [0.2, 0.25) is 5.78 Å². The molecule has 1 saturated carbocycles. The van der Waals surface area contributed by atoms with Crippen LogP contribution in [0.5, 0.6) is 5.75 Å². The molecule has 1 amide bonds. The van der Waals surface area contributed by atoms with E-state index in [1.165, 1.54) is 31.7 Å². The number of aliphatic hydroxyl groups is 3. The monoisotopic (exact) mass is 556 g/mol. The van der Waals surface area contributed by atoms with Gasteiger partial charge in [-0.05, 0) is 50.1 Å². The number of nitrogens with zero attached hydrogens (tertiary/aromatic N) is 1. The molecule has 4 aliphatic carbocycles. The highest BCUT2D eigenvalue weighted by molar-refractivity contribution is 6.24. The molecule has 0 aromatic heterocycles. The molecule has 0 saturated heterocycles. The topological polar surface area (TPSA) is 161 Å². The molecule has 1 aromatic rings. The van der Waals surface area contributed by atoms with E-state index in [1.807, 2.05) is 6.92 Å². The first-order valence-corrected chi connectivity index (χ1v) is 14.2. The molecular formula is C30H37FN2O7. The summed E-state index contributed by atoms with van der Waals surface area (Å²) in [6, 6.07) is 1.25. The van der Waals surface area contributed by atoms with Crippen LogP contribution in [0.1, 0.15) is 79.8 Å². The second-order valence-electron chi connectivity index (χ2n) is 11.8. The Morgan fingerprint density at radius 3 is 2.42 bits per heavy atom. The number of carbonyl (C=O) groups is 3. The number of amides is 1. The first-order valence-electron chi connectivity index (χ1n) is 14.2. The summed E-state index contributed by atoms with van der Waals surface area (Å²) < 4.78 is 16.0. The number of halogens is 1. The van der Waals surface area contributed by atoms with Crippen molar-refractivity contribution in [3.8, 4) is 5.75 Å². The van der Waals surface area contributed by atoms with Crippen LogP contribution in [0.25, 0.3) is 0 Å². The molecule has 40 heavy (non-hydrogen) atoms. The van der Waals surface area contributed by atoms with Gasteiger partial charge in [-0.15, -0.1) is 0 Å². The zero-order chi connectivity index (χ0) is 28.9. The largest absolute Gasteiger partial charge is 0.511 e. The van der Waals surface area contributed by atoms with Gasteiger partial charge in [0.15, 0.2) is 11.4 Å². The predicted molar refractivity (Wildman–Crippen MR) is 143 cm³/mol. The van der Waals surface area contributed by atoms with Gasteiger partial charge in [-0.25, -0.2) is 4.39 Å². The molecule has 1 unspecified atom stereocenters. The van der Waals surface area contributed by atoms with E-state index in [9.17, 15) is 34.8 Å². The number of Topliss-reactive ketones (excluding diaryl/α,β-unsaturated/α-hetero) is 2. The van der Waals surface area contributed by atoms with Crippen LogP contribution in [0.4, 0.5) is 4.39 Å². The molecule has 216 valence electrons. The molecule has 0 aliphatic heterocycles. The lowest BCUT2D eigenvalue weighted by Gasteiger charge is -2.45. The lowest BCUT2D eigenvalue weighted by molar-refractivity contribution is -0.144. The second-order valence-corrected chi connectivity index (χ2v) is 11.8. The number of benzene rings is 1. The number of aliphatic hydroxyl groups excluding tert-OH is 2. The van der Waals surface area contributed by atoms with Crippen LogP contribution < -0.4 is 5.73 Å². The Labute approximate surface area is 232 Å². The minimum absolute atomic E-state index is 0.0316. The smallest absolute Gasteiger partial charge is 0.255 e. The molecule has 6 N–H and O–H groups in total. The summed E-state index contributed by atoms with van der Waals surface area (Å²) in [4.78, 5) is 40.6. The van der Waals surface area contributed by atoms with Gasteiger partial charge in [0.25, 0.3) is 5.91 Å². The van der Waals surface area contributed by atoms with Gasteiger partial charge in [-0.1, -0.05) is 32.6 Å². The zero-order valence-electron chi connectivity index (χ0n) is 22.7. The Bertz CT molecular complexity index is 1330. The number of phenols is 1. The average molecular weight is 557 g/mol. The first-order chi connectivity index (χ1) is 19.0. The van der Waals surface area contributed by atoms with E-state index in [0.717, 1.165) is 19.4 Å². The molecule has 0 spiro atoms. The van der Waals surface area contributed by atoms with E-state index in [2.05, 4.69) is 4.90 Å². The third-order valence-electron chi connectivity index (χ3n) is 9.40. The standard InChI is InChI=1S/C30H37FN2O7/c1-2-33(13-15-7-5-3-4-6-8-15)14-17-11-20(34)23-19(25(17)31)10-16-9-18-12-21(35)24(29(32)39)28(38)30(18,40)27(37)22(16)26(23)36/h11,15-16,18,34-35,37,40H,2-10,12-14H2,1H3,(H2,32,39)/t16?,18-,30-/m0/s1. The van der Waals surface area contributed by atoms with Crippen molar-refractivity contribution in [2.75, 3.05) is 13.1 Å². The molecule has 1 aromatic carbocycles. The molecule has 9 nitrogen and oxygen atoms in total. The number of rotatable bonds is 6. The highest BCUT2D eigenvalue weighted by Gasteiger charge is 2.59. The fraction of sp³-hybridized carbons (Fsp3) is 0.567. The van der Waals surface area contributed by atoms with E-state index in [1.54, 1.807) is 0 Å². The van der Waals surface area contributed by atoms with Gasteiger partial charge in [0, 0.05) is 42.1 Å². The SMILES string of the molecule is CCN(Cc1cc(O)c2c(c1F)CC1C[C@H]3CC(O)=C(C(N)=O)C(=O)[C@@]3(O)C(O)=C1C2=O)CC1CCCCCC1. The number of primary amides is 1. The van der Waals surface area contributed by atoms with E-state index in [4.69, 9.17) is 5.73 Å². The quantitative estimate of drug-likeness (QED) is 0.263. The summed E-state index contributed by atoms with van der Waals surface area (Å²) in [6.07, 6.45) is 6.76. The van der Waals surface area contributed by atoms with Gasteiger partial charge in [-0.2, -0.15) is 0 Å². The third-order valence-corrected chi connectivity index (χ3v) is 9.40. The van der Waals surface area contributed by atoms with Crippen LogP contribution in [-0.4, -0.2) is 61.5 Å². The van der Waals surface area contributed by atoms with E-state index in [0.29, 0.717) is 12.5 Å². The highest BCUT2D eigenvalue weighted by atomic mass is 19.1. The van der Waals surface area contributed by atoms with Crippen molar-refractivity contribution >= 4 is 17.5 Å². The van der Waals surface area contributed by atoms with Gasteiger partial charge in [-0.3, -0.25) is 19.3 Å². The van der Waals surface area contributed by atoms with Crippen molar-refractivity contribution in [2.45, 2.75) is 76.9 Å². The van der Waals surface area contributed by atoms with Crippen molar-refractivity contribution in [1.29, 1.82) is 0 Å². The molecule has 1 fully saturated rings. The van der Waals surface area contributed by atoms with Crippen molar-refractivity contribution in [1.82, 2.24) is 4.90 Å². The van der Waals surface area contributed by atoms with Crippen LogP contribution in [0.15, 0.2) is 28.7 Å².